The topological polar surface area (TPSA) is 29.1 Å². The molecule has 2 aromatic carbocycles. The molecule has 0 radical (unpaired) electrons. The van der Waals surface area contributed by atoms with Crippen LogP contribution in [0.1, 0.15) is 24.2 Å². The Bertz CT molecular complexity index is 592. The van der Waals surface area contributed by atoms with Crippen LogP contribution >= 0.6 is 15.9 Å². The second-order valence-electron chi connectivity index (χ2n) is 5.54. The van der Waals surface area contributed by atoms with Gasteiger partial charge in [0.1, 0.15) is 0 Å². The first-order valence-electron chi connectivity index (χ1n) is 6.35. The number of nitrogens with one attached hydrogen (secondary N) is 1. The van der Waals surface area contributed by atoms with Crippen LogP contribution in [0.3, 0.4) is 0 Å². The summed E-state index contributed by atoms with van der Waals surface area (Å²) in [6.45, 7) is 4.88. The minimum Gasteiger partial charge on any atom is -0.351 e. The normalized spacial score (nSPS) is 11.5. The maximum absolute atomic E-state index is 12.1. The molecule has 2 nitrogen and oxygen atoms in total. The molecule has 0 aliphatic rings. The average Bonchev–Trinajstić information content (AvgIpc) is 2.44. The number of rotatable bonds is 4. The van der Waals surface area contributed by atoms with Crippen molar-refractivity contribution in [2.24, 2.45) is 5.41 Å². The second-order valence-corrected chi connectivity index (χ2v) is 6.10. The van der Waals surface area contributed by atoms with Crippen molar-refractivity contribution in [3.8, 4) is 0 Å². The summed E-state index contributed by atoms with van der Waals surface area (Å²) in [6, 6.07) is 13.8. The maximum Gasteiger partial charge on any atom is 0.251 e. The molecule has 0 heterocycles. The van der Waals surface area contributed by atoms with Crippen molar-refractivity contribution >= 4 is 32.6 Å². The minimum absolute atomic E-state index is 0.0141. The van der Waals surface area contributed by atoms with Gasteiger partial charge in [-0.2, -0.15) is 0 Å². The zero-order valence-corrected chi connectivity index (χ0v) is 12.8. The first kappa shape index (κ1) is 14.1. The lowest BCUT2D eigenvalue weighted by molar-refractivity contribution is 0.0940. The Hall–Kier alpha value is -1.35. The lowest BCUT2D eigenvalue weighted by atomic mass is 9.96. The molecule has 100 valence electrons. The average molecular weight is 320 g/mol. The van der Waals surface area contributed by atoms with Crippen molar-refractivity contribution in [1.29, 1.82) is 0 Å². The van der Waals surface area contributed by atoms with Gasteiger partial charge in [0.25, 0.3) is 5.91 Å². The molecule has 0 saturated heterocycles. The van der Waals surface area contributed by atoms with Crippen LogP contribution < -0.4 is 5.32 Å². The zero-order valence-electron chi connectivity index (χ0n) is 11.2. The van der Waals surface area contributed by atoms with Crippen molar-refractivity contribution in [3.63, 3.8) is 0 Å². The van der Waals surface area contributed by atoms with E-state index < -0.39 is 0 Å². The van der Waals surface area contributed by atoms with E-state index in [0.717, 1.165) is 16.1 Å². The molecule has 0 aromatic heterocycles. The number of carbonyl (C=O) groups is 1. The number of hydrogen-bond donors (Lipinski definition) is 1. The number of amides is 1. The van der Waals surface area contributed by atoms with E-state index in [1.165, 1.54) is 0 Å². The number of carbonyl (C=O) groups excluding carboxylic acids is 1. The Morgan fingerprint density at radius 3 is 2.53 bits per heavy atom. The van der Waals surface area contributed by atoms with Crippen LogP contribution in [-0.4, -0.2) is 17.8 Å². The van der Waals surface area contributed by atoms with Gasteiger partial charge < -0.3 is 5.32 Å². The predicted octanol–water partition coefficient (Wildman–Crippen LogP) is 3.99. The Balaban J connectivity index is 2.13. The van der Waals surface area contributed by atoms with Crippen molar-refractivity contribution in [2.45, 2.75) is 13.8 Å². The molecule has 0 saturated carbocycles. The highest BCUT2D eigenvalue weighted by molar-refractivity contribution is 9.09. The monoisotopic (exact) mass is 319 g/mol. The van der Waals surface area contributed by atoms with Gasteiger partial charge in [-0.3, -0.25) is 4.79 Å². The highest BCUT2D eigenvalue weighted by atomic mass is 79.9. The first-order chi connectivity index (χ1) is 9.02. The number of benzene rings is 2. The van der Waals surface area contributed by atoms with E-state index in [1.54, 1.807) is 0 Å². The van der Waals surface area contributed by atoms with Crippen molar-refractivity contribution in [1.82, 2.24) is 5.32 Å². The quantitative estimate of drug-likeness (QED) is 0.848. The van der Waals surface area contributed by atoms with Gasteiger partial charge in [0, 0.05) is 17.4 Å². The molecule has 0 aliphatic carbocycles. The molecule has 0 atom stereocenters. The summed E-state index contributed by atoms with van der Waals surface area (Å²) in [7, 11) is 0. The van der Waals surface area contributed by atoms with Crippen LogP contribution in [0.25, 0.3) is 10.8 Å². The van der Waals surface area contributed by atoms with Gasteiger partial charge in [0.15, 0.2) is 0 Å². The number of fused-ring (bicyclic) bond motifs is 1. The molecular weight excluding hydrogens is 302 g/mol. The Morgan fingerprint density at radius 1 is 1.16 bits per heavy atom. The van der Waals surface area contributed by atoms with Crippen LogP contribution in [0.5, 0.6) is 0 Å². The van der Waals surface area contributed by atoms with E-state index in [2.05, 4.69) is 35.1 Å². The Kier molecular flexibility index (Phi) is 4.25. The fraction of sp³-hybridized carbons (Fsp3) is 0.312. The largest absolute Gasteiger partial charge is 0.351 e. The molecule has 2 aromatic rings. The molecule has 2 rings (SSSR count). The van der Waals surface area contributed by atoms with Gasteiger partial charge >= 0.3 is 0 Å². The molecule has 0 bridgehead atoms. The van der Waals surface area contributed by atoms with Gasteiger partial charge in [-0.25, -0.2) is 0 Å². The highest BCUT2D eigenvalue weighted by Crippen LogP contribution is 2.18. The highest BCUT2D eigenvalue weighted by Gasteiger charge is 2.17. The molecule has 0 spiro atoms. The summed E-state index contributed by atoms with van der Waals surface area (Å²) < 4.78 is 0. The van der Waals surface area contributed by atoms with E-state index in [4.69, 9.17) is 0 Å². The standard InChI is InChI=1S/C16H18BrNO/c1-16(2,10-17)11-18-15(19)14-8-7-12-5-3-4-6-13(12)9-14/h3-9H,10-11H2,1-2H3,(H,18,19). The first-order valence-corrected chi connectivity index (χ1v) is 7.47. The molecule has 0 unspecified atom stereocenters. The summed E-state index contributed by atoms with van der Waals surface area (Å²) in [5, 5.41) is 6.09. The maximum atomic E-state index is 12.1. The summed E-state index contributed by atoms with van der Waals surface area (Å²) in [4.78, 5) is 12.1. The van der Waals surface area contributed by atoms with Gasteiger partial charge in [-0.05, 0) is 28.3 Å². The van der Waals surface area contributed by atoms with Crippen LogP contribution in [0.15, 0.2) is 42.5 Å². The summed E-state index contributed by atoms with van der Waals surface area (Å²) in [5.41, 5.74) is 0.774. The minimum atomic E-state index is -0.0141. The van der Waals surface area contributed by atoms with Gasteiger partial charge in [0.05, 0.1) is 0 Å². The third-order valence-electron chi connectivity index (χ3n) is 3.10. The SMILES string of the molecule is CC(C)(CBr)CNC(=O)c1ccc2ccccc2c1. The number of alkyl halides is 1. The summed E-state index contributed by atoms with van der Waals surface area (Å²) in [6.07, 6.45) is 0. The number of halogens is 1. The lowest BCUT2D eigenvalue weighted by Gasteiger charge is -2.21. The van der Waals surface area contributed by atoms with Crippen LogP contribution in [0, 0.1) is 5.41 Å². The van der Waals surface area contributed by atoms with Gasteiger partial charge in [-0.15, -0.1) is 0 Å². The van der Waals surface area contributed by atoms with Crippen molar-refractivity contribution in [2.75, 3.05) is 11.9 Å². The Labute approximate surface area is 122 Å². The van der Waals surface area contributed by atoms with E-state index in [1.807, 2.05) is 42.5 Å². The molecule has 0 aliphatic heterocycles. The van der Waals surface area contributed by atoms with Crippen LogP contribution in [-0.2, 0) is 0 Å². The van der Waals surface area contributed by atoms with E-state index in [0.29, 0.717) is 12.1 Å². The lowest BCUT2D eigenvalue weighted by Crippen LogP contribution is -2.34. The zero-order chi connectivity index (χ0) is 13.9. The fourth-order valence-electron chi connectivity index (χ4n) is 1.80. The number of hydrogen-bond acceptors (Lipinski definition) is 1. The van der Waals surface area contributed by atoms with E-state index >= 15 is 0 Å². The van der Waals surface area contributed by atoms with E-state index in [9.17, 15) is 4.79 Å². The molecule has 19 heavy (non-hydrogen) atoms. The van der Waals surface area contributed by atoms with E-state index in [-0.39, 0.29) is 11.3 Å². The van der Waals surface area contributed by atoms with Crippen molar-refractivity contribution in [3.05, 3.63) is 48.0 Å². The Morgan fingerprint density at radius 2 is 1.84 bits per heavy atom. The fourth-order valence-corrected chi connectivity index (χ4v) is 2.00. The molecule has 1 amide bonds. The molecule has 1 N–H and O–H groups in total. The van der Waals surface area contributed by atoms with Crippen molar-refractivity contribution < 1.29 is 4.79 Å². The summed E-state index contributed by atoms with van der Waals surface area (Å²) >= 11 is 3.46. The summed E-state index contributed by atoms with van der Waals surface area (Å²) in [5.74, 6) is -0.0141. The predicted molar refractivity (Wildman–Crippen MR) is 83.9 cm³/mol. The van der Waals surface area contributed by atoms with Gasteiger partial charge in [0.2, 0.25) is 0 Å². The smallest absolute Gasteiger partial charge is 0.251 e. The van der Waals surface area contributed by atoms with Crippen LogP contribution in [0.2, 0.25) is 0 Å². The third-order valence-corrected chi connectivity index (χ3v) is 4.62. The van der Waals surface area contributed by atoms with Gasteiger partial charge in [-0.1, -0.05) is 60.1 Å². The third kappa shape index (κ3) is 3.57. The second kappa shape index (κ2) is 5.74. The molecule has 3 heteroatoms. The van der Waals surface area contributed by atoms with Crippen LogP contribution in [0.4, 0.5) is 0 Å². The molecule has 0 fully saturated rings. The molecular formula is C16H18BrNO.